The van der Waals surface area contributed by atoms with Crippen molar-refractivity contribution < 1.29 is 0 Å². The molecule has 3 aromatic rings. The molecule has 0 radical (unpaired) electrons. The van der Waals surface area contributed by atoms with Gasteiger partial charge in [-0.3, -0.25) is 4.68 Å². The van der Waals surface area contributed by atoms with E-state index in [4.69, 9.17) is 0 Å². The first-order chi connectivity index (χ1) is 10.3. The Balaban J connectivity index is 2.04. The third-order valence-electron chi connectivity index (χ3n) is 3.03. The highest BCUT2D eigenvalue weighted by Crippen LogP contribution is 2.24. The van der Waals surface area contributed by atoms with Crippen molar-refractivity contribution in [2.45, 2.75) is 0 Å². The lowest BCUT2D eigenvalue weighted by atomic mass is 10.3. The van der Waals surface area contributed by atoms with Crippen molar-refractivity contribution in [1.29, 1.82) is 0 Å². The second kappa shape index (κ2) is 5.62. The van der Waals surface area contributed by atoms with E-state index in [2.05, 4.69) is 32.3 Å². The van der Waals surface area contributed by atoms with Gasteiger partial charge >= 0.3 is 0 Å². The maximum absolute atomic E-state index is 4.51. The zero-order valence-corrected chi connectivity index (χ0v) is 11.7. The van der Waals surface area contributed by atoms with Crippen molar-refractivity contribution in [3.8, 4) is 0 Å². The topological polar surface area (TPSA) is 67.7 Å². The van der Waals surface area contributed by atoms with Crippen molar-refractivity contribution in [3.63, 3.8) is 0 Å². The molecule has 0 unspecified atom stereocenters. The fourth-order valence-electron chi connectivity index (χ4n) is 2.02. The SMILES string of the molecule is C=CCNc1nc(Nc2ccccc2)c2cnn(C)c2n1. The first-order valence-corrected chi connectivity index (χ1v) is 6.64. The first-order valence-electron chi connectivity index (χ1n) is 6.64. The van der Waals surface area contributed by atoms with Crippen LogP contribution < -0.4 is 10.6 Å². The summed E-state index contributed by atoms with van der Waals surface area (Å²) in [6.45, 7) is 4.29. The molecule has 0 amide bonds. The van der Waals surface area contributed by atoms with Gasteiger partial charge in [-0.2, -0.15) is 15.1 Å². The van der Waals surface area contributed by atoms with Crippen molar-refractivity contribution in [3.05, 3.63) is 49.2 Å². The molecule has 0 saturated carbocycles. The minimum Gasteiger partial charge on any atom is -0.351 e. The molecule has 2 aromatic heterocycles. The zero-order chi connectivity index (χ0) is 14.7. The van der Waals surface area contributed by atoms with Crippen LogP contribution in [0.25, 0.3) is 11.0 Å². The number of fused-ring (bicyclic) bond motifs is 1. The van der Waals surface area contributed by atoms with Crippen LogP contribution >= 0.6 is 0 Å². The summed E-state index contributed by atoms with van der Waals surface area (Å²) in [6.07, 6.45) is 3.53. The van der Waals surface area contributed by atoms with Gasteiger partial charge in [-0.15, -0.1) is 6.58 Å². The van der Waals surface area contributed by atoms with E-state index in [1.54, 1.807) is 17.0 Å². The van der Waals surface area contributed by atoms with Crippen LogP contribution in [0.15, 0.2) is 49.2 Å². The average Bonchev–Trinajstić information content (AvgIpc) is 2.88. The molecule has 3 rings (SSSR count). The number of nitrogens with zero attached hydrogens (tertiary/aromatic N) is 4. The summed E-state index contributed by atoms with van der Waals surface area (Å²) in [5.41, 5.74) is 1.74. The summed E-state index contributed by atoms with van der Waals surface area (Å²) in [4.78, 5) is 8.98. The summed E-state index contributed by atoms with van der Waals surface area (Å²) in [5, 5.41) is 11.5. The lowest BCUT2D eigenvalue weighted by Crippen LogP contribution is -2.06. The van der Waals surface area contributed by atoms with E-state index in [0.717, 1.165) is 22.5 Å². The van der Waals surface area contributed by atoms with Crippen LogP contribution in [0.5, 0.6) is 0 Å². The second-order valence-electron chi connectivity index (χ2n) is 4.56. The van der Waals surface area contributed by atoms with E-state index in [0.29, 0.717) is 12.5 Å². The largest absolute Gasteiger partial charge is 0.351 e. The molecule has 1 aromatic carbocycles. The molecule has 0 fully saturated rings. The van der Waals surface area contributed by atoms with Gasteiger partial charge in [-0.25, -0.2) is 0 Å². The Morgan fingerprint density at radius 3 is 2.81 bits per heavy atom. The lowest BCUT2D eigenvalue weighted by Gasteiger charge is -2.09. The number of benzene rings is 1. The molecule has 0 aliphatic heterocycles. The maximum Gasteiger partial charge on any atom is 0.226 e. The van der Waals surface area contributed by atoms with Crippen LogP contribution in [0, 0.1) is 0 Å². The Morgan fingerprint density at radius 2 is 2.05 bits per heavy atom. The zero-order valence-electron chi connectivity index (χ0n) is 11.7. The molecule has 6 nitrogen and oxygen atoms in total. The van der Waals surface area contributed by atoms with Crippen molar-refractivity contribution >= 4 is 28.5 Å². The Kier molecular flexibility index (Phi) is 3.51. The molecular formula is C15H16N6. The third kappa shape index (κ3) is 2.69. The highest BCUT2D eigenvalue weighted by molar-refractivity contribution is 5.89. The molecule has 0 atom stereocenters. The number of hydrogen-bond acceptors (Lipinski definition) is 5. The minimum atomic E-state index is 0.546. The number of aromatic nitrogens is 4. The van der Waals surface area contributed by atoms with Crippen LogP contribution in [-0.4, -0.2) is 26.3 Å². The van der Waals surface area contributed by atoms with Gasteiger partial charge in [-0.1, -0.05) is 24.3 Å². The number of rotatable bonds is 5. The summed E-state index contributed by atoms with van der Waals surface area (Å²) in [5.74, 6) is 1.27. The highest BCUT2D eigenvalue weighted by Gasteiger charge is 2.11. The van der Waals surface area contributed by atoms with Gasteiger partial charge < -0.3 is 10.6 Å². The molecule has 21 heavy (non-hydrogen) atoms. The number of para-hydroxylation sites is 1. The van der Waals surface area contributed by atoms with Crippen LogP contribution in [-0.2, 0) is 7.05 Å². The van der Waals surface area contributed by atoms with Gasteiger partial charge in [0, 0.05) is 19.3 Å². The molecule has 6 heteroatoms. The van der Waals surface area contributed by atoms with Crippen molar-refractivity contribution in [1.82, 2.24) is 19.7 Å². The van der Waals surface area contributed by atoms with Gasteiger partial charge in [0.25, 0.3) is 0 Å². The second-order valence-corrected chi connectivity index (χ2v) is 4.56. The van der Waals surface area contributed by atoms with E-state index in [9.17, 15) is 0 Å². The van der Waals surface area contributed by atoms with Crippen LogP contribution in [0.1, 0.15) is 0 Å². The molecule has 0 aliphatic rings. The predicted octanol–water partition coefficient (Wildman–Crippen LogP) is 2.70. The standard InChI is InChI=1S/C15H16N6/c1-3-9-16-15-19-13(18-11-7-5-4-6-8-11)12-10-17-21(2)14(12)20-15/h3-8,10H,1,9H2,2H3,(H2,16,18,19,20). The van der Waals surface area contributed by atoms with Crippen molar-refractivity contribution in [2.24, 2.45) is 7.05 Å². The maximum atomic E-state index is 4.51. The molecule has 2 heterocycles. The molecule has 0 saturated heterocycles. The van der Waals surface area contributed by atoms with E-state index < -0.39 is 0 Å². The molecule has 0 spiro atoms. The Labute approximate surface area is 122 Å². The fourth-order valence-corrected chi connectivity index (χ4v) is 2.02. The third-order valence-corrected chi connectivity index (χ3v) is 3.03. The number of anilines is 3. The van der Waals surface area contributed by atoms with Crippen LogP contribution in [0.3, 0.4) is 0 Å². The molecule has 0 bridgehead atoms. The Hall–Kier alpha value is -2.89. The molecule has 0 aliphatic carbocycles. The van der Waals surface area contributed by atoms with Gasteiger partial charge in [0.05, 0.1) is 11.6 Å². The van der Waals surface area contributed by atoms with Gasteiger partial charge in [0.15, 0.2) is 5.65 Å². The van der Waals surface area contributed by atoms with E-state index in [-0.39, 0.29) is 0 Å². The quantitative estimate of drug-likeness (QED) is 0.703. The first kappa shape index (κ1) is 13.1. The minimum absolute atomic E-state index is 0.546. The van der Waals surface area contributed by atoms with Gasteiger partial charge in [-0.05, 0) is 12.1 Å². The normalized spacial score (nSPS) is 10.5. The summed E-state index contributed by atoms with van der Waals surface area (Å²) >= 11 is 0. The fraction of sp³-hybridized carbons (Fsp3) is 0.133. The van der Waals surface area contributed by atoms with Gasteiger partial charge in [0.2, 0.25) is 5.95 Å². The summed E-state index contributed by atoms with van der Waals surface area (Å²) in [7, 11) is 1.86. The highest BCUT2D eigenvalue weighted by atomic mass is 15.3. The van der Waals surface area contributed by atoms with Crippen LogP contribution in [0.4, 0.5) is 17.5 Å². The smallest absolute Gasteiger partial charge is 0.226 e. The lowest BCUT2D eigenvalue weighted by molar-refractivity contribution is 0.785. The Bertz CT molecular complexity index is 762. The monoisotopic (exact) mass is 280 g/mol. The van der Waals surface area contributed by atoms with E-state index in [1.165, 1.54) is 0 Å². The molecular weight excluding hydrogens is 264 g/mol. The summed E-state index contributed by atoms with van der Waals surface area (Å²) in [6, 6.07) is 9.89. The van der Waals surface area contributed by atoms with Crippen molar-refractivity contribution in [2.75, 3.05) is 17.2 Å². The molecule has 106 valence electrons. The van der Waals surface area contributed by atoms with E-state index in [1.807, 2.05) is 37.4 Å². The summed E-state index contributed by atoms with van der Waals surface area (Å²) < 4.78 is 1.73. The van der Waals surface area contributed by atoms with Crippen LogP contribution in [0.2, 0.25) is 0 Å². The predicted molar refractivity (Wildman–Crippen MR) is 84.7 cm³/mol. The van der Waals surface area contributed by atoms with Gasteiger partial charge in [0.1, 0.15) is 5.82 Å². The van der Waals surface area contributed by atoms with E-state index >= 15 is 0 Å². The average molecular weight is 280 g/mol. The Morgan fingerprint density at radius 1 is 1.24 bits per heavy atom. The number of aryl methyl sites for hydroxylation is 1. The number of hydrogen-bond donors (Lipinski definition) is 2. The molecule has 2 N–H and O–H groups in total. The number of nitrogens with one attached hydrogen (secondary N) is 2.